The molecule has 0 aromatic heterocycles. The van der Waals surface area contributed by atoms with Crippen LogP contribution in [-0.2, 0) is 10.0 Å². The number of nitrogens with one attached hydrogen (secondary N) is 1. The van der Waals surface area contributed by atoms with E-state index in [4.69, 9.17) is 0 Å². The summed E-state index contributed by atoms with van der Waals surface area (Å²) in [5.74, 6) is 1.87. The van der Waals surface area contributed by atoms with Gasteiger partial charge in [-0.3, -0.25) is 0 Å². The topological polar surface area (TPSA) is 46.2 Å². The van der Waals surface area contributed by atoms with Gasteiger partial charge in [0.15, 0.2) is 0 Å². The third-order valence-corrected chi connectivity index (χ3v) is 5.92. The van der Waals surface area contributed by atoms with Crippen LogP contribution in [0.15, 0.2) is 29.2 Å². The van der Waals surface area contributed by atoms with E-state index in [1.807, 2.05) is 26.0 Å². The van der Waals surface area contributed by atoms with Crippen molar-refractivity contribution in [2.24, 2.45) is 0 Å². The minimum Gasteiger partial charge on any atom is -0.207 e. The highest BCUT2D eigenvalue weighted by Crippen LogP contribution is 2.29. The van der Waals surface area contributed by atoms with Gasteiger partial charge < -0.3 is 0 Å². The number of rotatable bonds is 3. The fraction of sp³-hybridized carbons (Fsp3) is 0.500. The SMILES string of the molecule is Cc1ccc(S(=O)(=O)NC2(C)CCSC2)cc1. The summed E-state index contributed by atoms with van der Waals surface area (Å²) < 4.78 is 27.2. The fourth-order valence-electron chi connectivity index (χ4n) is 1.85. The molecule has 1 aliphatic heterocycles. The zero-order valence-corrected chi connectivity index (χ0v) is 11.7. The van der Waals surface area contributed by atoms with Gasteiger partial charge in [-0.05, 0) is 38.2 Å². The van der Waals surface area contributed by atoms with Crippen molar-refractivity contribution in [3.8, 4) is 0 Å². The van der Waals surface area contributed by atoms with Crippen molar-refractivity contribution in [1.82, 2.24) is 4.72 Å². The van der Waals surface area contributed by atoms with Crippen LogP contribution in [0.4, 0.5) is 0 Å². The Balaban J connectivity index is 2.22. The molecule has 2 rings (SSSR count). The largest absolute Gasteiger partial charge is 0.241 e. The van der Waals surface area contributed by atoms with Gasteiger partial charge >= 0.3 is 0 Å². The zero-order chi connectivity index (χ0) is 12.5. The van der Waals surface area contributed by atoms with E-state index in [0.29, 0.717) is 4.90 Å². The molecule has 17 heavy (non-hydrogen) atoms. The maximum absolute atomic E-state index is 12.2. The molecule has 0 saturated carbocycles. The van der Waals surface area contributed by atoms with Crippen molar-refractivity contribution in [3.05, 3.63) is 29.8 Å². The van der Waals surface area contributed by atoms with Gasteiger partial charge in [-0.15, -0.1) is 0 Å². The molecule has 3 nitrogen and oxygen atoms in total. The lowest BCUT2D eigenvalue weighted by atomic mass is 10.0. The quantitative estimate of drug-likeness (QED) is 0.916. The van der Waals surface area contributed by atoms with Crippen LogP contribution in [0.3, 0.4) is 0 Å². The number of aryl methyl sites for hydroxylation is 1. The summed E-state index contributed by atoms with van der Waals surface area (Å²) in [6.45, 7) is 3.91. The first-order chi connectivity index (χ1) is 7.91. The standard InChI is InChI=1S/C12H17NO2S2/c1-10-3-5-11(6-4-10)17(14,15)13-12(2)7-8-16-9-12/h3-6,13H,7-9H2,1-2H3. The Morgan fingerprint density at radius 3 is 2.47 bits per heavy atom. The van der Waals surface area contributed by atoms with Crippen LogP contribution in [0.2, 0.25) is 0 Å². The molecule has 1 atom stereocenters. The van der Waals surface area contributed by atoms with Crippen LogP contribution in [0.5, 0.6) is 0 Å². The third-order valence-electron chi connectivity index (χ3n) is 2.93. The summed E-state index contributed by atoms with van der Waals surface area (Å²) >= 11 is 1.79. The van der Waals surface area contributed by atoms with Gasteiger partial charge in [0, 0.05) is 11.3 Å². The highest BCUT2D eigenvalue weighted by atomic mass is 32.2. The Morgan fingerprint density at radius 2 is 1.94 bits per heavy atom. The Hall–Kier alpha value is -0.520. The van der Waals surface area contributed by atoms with E-state index in [0.717, 1.165) is 23.5 Å². The van der Waals surface area contributed by atoms with E-state index in [2.05, 4.69) is 4.72 Å². The van der Waals surface area contributed by atoms with E-state index in [-0.39, 0.29) is 5.54 Å². The minimum atomic E-state index is -3.38. The summed E-state index contributed by atoms with van der Waals surface area (Å²) in [6, 6.07) is 6.95. The van der Waals surface area contributed by atoms with E-state index in [1.165, 1.54) is 0 Å². The second-order valence-corrected chi connectivity index (χ2v) is 7.57. The van der Waals surface area contributed by atoms with Crippen molar-refractivity contribution in [2.75, 3.05) is 11.5 Å². The lowest BCUT2D eigenvalue weighted by molar-refractivity contribution is 0.463. The molecule has 1 N–H and O–H groups in total. The van der Waals surface area contributed by atoms with Crippen molar-refractivity contribution < 1.29 is 8.42 Å². The van der Waals surface area contributed by atoms with Gasteiger partial charge in [-0.25, -0.2) is 13.1 Å². The first kappa shape index (κ1) is 12.9. The molecule has 0 bridgehead atoms. The molecule has 1 fully saturated rings. The number of sulfonamides is 1. The van der Waals surface area contributed by atoms with Crippen molar-refractivity contribution in [3.63, 3.8) is 0 Å². The molecule has 0 aliphatic carbocycles. The van der Waals surface area contributed by atoms with Crippen molar-refractivity contribution in [1.29, 1.82) is 0 Å². The van der Waals surface area contributed by atoms with Crippen LogP contribution in [0, 0.1) is 6.92 Å². The lowest BCUT2D eigenvalue weighted by Crippen LogP contribution is -2.45. The van der Waals surface area contributed by atoms with Crippen molar-refractivity contribution in [2.45, 2.75) is 30.7 Å². The van der Waals surface area contributed by atoms with E-state index >= 15 is 0 Å². The van der Waals surface area contributed by atoms with Gasteiger partial charge in [0.1, 0.15) is 0 Å². The average Bonchev–Trinajstić information content (AvgIpc) is 2.64. The predicted molar refractivity (Wildman–Crippen MR) is 71.8 cm³/mol. The predicted octanol–water partition coefficient (Wildman–Crippen LogP) is 2.17. The van der Waals surface area contributed by atoms with Gasteiger partial charge in [0.2, 0.25) is 10.0 Å². The summed E-state index contributed by atoms with van der Waals surface area (Å²) in [7, 11) is -3.38. The molecule has 1 unspecified atom stereocenters. The summed E-state index contributed by atoms with van der Waals surface area (Å²) in [4.78, 5) is 0.348. The normalized spacial score (nSPS) is 25.1. The second-order valence-electron chi connectivity index (χ2n) is 4.78. The molecule has 0 radical (unpaired) electrons. The smallest absolute Gasteiger partial charge is 0.207 e. The first-order valence-corrected chi connectivity index (χ1v) is 8.24. The number of benzene rings is 1. The molecule has 1 aromatic carbocycles. The third kappa shape index (κ3) is 3.03. The first-order valence-electron chi connectivity index (χ1n) is 5.60. The Kier molecular flexibility index (Phi) is 3.52. The number of hydrogen-bond acceptors (Lipinski definition) is 3. The van der Waals surface area contributed by atoms with E-state index < -0.39 is 10.0 Å². The van der Waals surface area contributed by atoms with Gasteiger partial charge in [0.25, 0.3) is 0 Å². The summed E-state index contributed by atoms with van der Waals surface area (Å²) in [5, 5.41) is 0. The average molecular weight is 271 g/mol. The number of thioether (sulfide) groups is 1. The molecule has 0 amide bonds. The molecule has 0 spiro atoms. The highest BCUT2D eigenvalue weighted by Gasteiger charge is 2.33. The minimum absolute atomic E-state index is 0.297. The Labute approximate surface area is 107 Å². The highest BCUT2D eigenvalue weighted by molar-refractivity contribution is 7.99. The van der Waals surface area contributed by atoms with Crippen LogP contribution in [-0.4, -0.2) is 25.5 Å². The molecular formula is C12H17NO2S2. The summed E-state index contributed by atoms with van der Waals surface area (Å²) in [5.41, 5.74) is 0.764. The van der Waals surface area contributed by atoms with Gasteiger partial charge in [-0.2, -0.15) is 11.8 Å². The second kappa shape index (κ2) is 4.63. The monoisotopic (exact) mass is 271 g/mol. The molecule has 5 heteroatoms. The van der Waals surface area contributed by atoms with Crippen LogP contribution >= 0.6 is 11.8 Å². The Morgan fingerprint density at radius 1 is 1.29 bits per heavy atom. The maximum Gasteiger partial charge on any atom is 0.241 e. The van der Waals surface area contributed by atoms with Gasteiger partial charge in [-0.1, -0.05) is 17.7 Å². The van der Waals surface area contributed by atoms with E-state index in [9.17, 15) is 8.42 Å². The Bertz CT molecular complexity index is 488. The molecule has 1 heterocycles. The fourth-order valence-corrected chi connectivity index (χ4v) is 4.78. The number of hydrogen-bond donors (Lipinski definition) is 1. The molecule has 94 valence electrons. The lowest BCUT2D eigenvalue weighted by Gasteiger charge is -2.24. The maximum atomic E-state index is 12.2. The van der Waals surface area contributed by atoms with E-state index in [1.54, 1.807) is 23.9 Å². The van der Waals surface area contributed by atoms with Crippen LogP contribution in [0.25, 0.3) is 0 Å². The summed E-state index contributed by atoms with van der Waals surface area (Å²) in [6.07, 6.45) is 0.892. The van der Waals surface area contributed by atoms with Crippen LogP contribution < -0.4 is 4.72 Å². The van der Waals surface area contributed by atoms with Crippen LogP contribution in [0.1, 0.15) is 18.9 Å². The zero-order valence-electron chi connectivity index (χ0n) is 10.1. The molecule has 1 aliphatic rings. The molecule has 1 saturated heterocycles. The van der Waals surface area contributed by atoms with Crippen molar-refractivity contribution >= 4 is 21.8 Å². The molecule has 1 aromatic rings. The van der Waals surface area contributed by atoms with Gasteiger partial charge in [0.05, 0.1) is 4.90 Å². The molecular weight excluding hydrogens is 254 g/mol.